The molecule has 15 heavy (non-hydrogen) atoms. The Balaban J connectivity index is 1.93. The van der Waals surface area contributed by atoms with E-state index in [0.29, 0.717) is 11.6 Å². The molecule has 80 valence electrons. The van der Waals surface area contributed by atoms with Gasteiger partial charge in [-0.25, -0.2) is 4.98 Å². The van der Waals surface area contributed by atoms with Crippen LogP contribution in [0.3, 0.4) is 0 Å². The summed E-state index contributed by atoms with van der Waals surface area (Å²) in [5, 5.41) is 5.87. The van der Waals surface area contributed by atoms with Gasteiger partial charge in [0.05, 0.1) is 5.75 Å². The molecule has 0 aliphatic carbocycles. The van der Waals surface area contributed by atoms with Gasteiger partial charge in [-0.15, -0.1) is 11.3 Å². The maximum Gasteiger partial charge on any atom is 0.237 e. The van der Waals surface area contributed by atoms with E-state index in [1.807, 2.05) is 19.2 Å². The molecule has 0 amide bonds. The van der Waals surface area contributed by atoms with Crippen LogP contribution in [0, 0.1) is 6.92 Å². The molecule has 2 aromatic heterocycles. The minimum absolute atomic E-state index is 0.671. The van der Waals surface area contributed by atoms with Gasteiger partial charge in [0.25, 0.3) is 0 Å². The number of nitrogens with zero attached hydrogens (tertiary/aromatic N) is 3. The van der Waals surface area contributed by atoms with Crippen LogP contribution < -0.4 is 0 Å². The first-order valence-electron chi connectivity index (χ1n) is 4.64. The van der Waals surface area contributed by atoms with Crippen LogP contribution in [0.5, 0.6) is 0 Å². The Morgan fingerprint density at radius 1 is 1.47 bits per heavy atom. The predicted octanol–water partition coefficient (Wildman–Crippen LogP) is 2.69. The summed E-state index contributed by atoms with van der Waals surface area (Å²) in [6.45, 7) is 3.99. The van der Waals surface area contributed by atoms with Gasteiger partial charge in [0, 0.05) is 17.5 Å². The molecule has 0 saturated heterocycles. The van der Waals surface area contributed by atoms with Crippen molar-refractivity contribution in [2.24, 2.45) is 0 Å². The quantitative estimate of drug-likeness (QED) is 0.770. The molecule has 0 fully saturated rings. The Morgan fingerprint density at radius 2 is 2.33 bits per heavy atom. The number of hydrogen-bond acceptors (Lipinski definition) is 6. The van der Waals surface area contributed by atoms with Crippen molar-refractivity contribution in [2.75, 3.05) is 0 Å². The zero-order valence-corrected chi connectivity index (χ0v) is 10.2. The molecular formula is C9H11N3OS2. The fourth-order valence-electron chi connectivity index (χ4n) is 1.01. The van der Waals surface area contributed by atoms with Gasteiger partial charge < -0.3 is 4.52 Å². The molecule has 2 aromatic rings. The normalized spacial score (nSPS) is 10.8. The fourth-order valence-corrected chi connectivity index (χ4v) is 2.70. The molecule has 6 heteroatoms. The van der Waals surface area contributed by atoms with Crippen molar-refractivity contribution in [1.82, 2.24) is 15.1 Å². The summed E-state index contributed by atoms with van der Waals surface area (Å²) in [6.07, 6.45) is 0.810. The molecule has 0 atom stereocenters. The van der Waals surface area contributed by atoms with E-state index in [9.17, 15) is 0 Å². The SMILES string of the molecule is CCc1noc(CSc2nc(C)cs2)n1. The van der Waals surface area contributed by atoms with Gasteiger partial charge in [0.15, 0.2) is 10.2 Å². The monoisotopic (exact) mass is 241 g/mol. The Kier molecular flexibility index (Phi) is 3.37. The Hall–Kier alpha value is -0.880. The van der Waals surface area contributed by atoms with E-state index in [0.717, 1.165) is 22.3 Å². The van der Waals surface area contributed by atoms with Crippen molar-refractivity contribution in [3.8, 4) is 0 Å². The maximum atomic E-state index is 5.08. The summed E-state index contributed by atoms with van der Waals surface area (Å²) in [5.74, 6) is 2.13. The zero-order chi connectivity index (χ0) is 10.7. The van der Waals surface area contributed by atoms with Gasteiger partial charge >= 0.3 is 0 Å². The zero-order valence-electron chi connectivity index (χ0n) is 8.56. The molecular weight excluding hydrogens is 230 g/mol. The summed E-state index contributed by atoms with van der Waals surface area (Å²) in [6, 6.07) is 0. The van der Waals surface area contributed by atoms with E-state index in [2.05, 4.69) is 15.1 Å². The van der Waals surface area contributed by atoms with Crippen LogP contribution in [0.1, 0.15) is 24.3 Å². The third-order valence-corrected chi connectivity index (χ3v) is 3.87. The highest BCUT2D eigenvalue weighted by atomic mass is 32.2. The third-order valence-electron chi connectivity index (χ3n) is 1.74. The fraction of sp³-hybridized carbons (Fsp3) is 0.444. The lowest BCUT2D eigenvalue weighted by molar-refractivity contribution is 0.385. The second-order valence-corrected chi connectivity index (χ2v) is 5.08. The van der Waals surface area contributed by atoms with Gasteiger partial charge in [0.2, 0.25) is 5.89 Å². The molecule has 0 aliphatic rings. The van der Waals surface area contributed by atoms with Gasteiger partial charge in [-0.2, -0.15) is 4.98 Å². The summed E-state index contributed by atoms with van der Waals surface area (Å²) >= 11 is 3.27. The molecule has 4 nitrogen and oxygen atoms in total. The van der Waals surface area contributed by atoms with Crippen molar-refractivity contribution in [3.05, 3.63) is 22.8 Å². The molecule has 0 unspecified atom stereocenters. The van der Waals surface area contributed by atoms with Crippen LogP contribution >= 0.6 is 23.1 Å². The van der Waals surface area contributed by atoms with Gasteiger partial charge in [-0.05, 0) is 6.92 Å². The Bertz CT molecular complexity index is 438. The molecule has 0 spiro atoms. The first-order chi connectivity index (χ1) is 7.28. The third kappa shape index (κ3) is 2.79. The largest absolute Gasteiger partial charge is 0.338 e. The summed E-state index contributed by atoms with van der Waals surface area (Å²) in [7, 11) is 0. The summed E-state index contributed by atoms with van der Waals surface area (Å²) in [4.78, 5) is 8.57. The van der Waals surface area contributed by atoms with Gasteiger partial charge in [-0.3, -0.25) is 0 Å². The highest BCUT2D eigenvalue weighted by Crippen LogP contribution is 2.25. The number of hydrogen-bond donors (Lipinski definition) is 0. The molecule has 2 rings (SSSR count). The van der Waals surface area contributed by atoms with E-state index in [1.54, 1.807) is 23.1 Å². The smallest absolute Gasteiger partial charge is 0.237 e. The van der Waals surface area contributed by atoms with Crippen molar-refractivity contribution in [2.45, 2.75) is 30.4 Å². The highest BCUT2D eigenvalue weighted by molar-refractivity contribution is 8.00. The molecule has 0 N–H and O–H groups in total. The highest BCUT2D eigenvalue weighted by Gasteiger charge is 2.06. The van der Waals surface area contributed by atoms with Crippen molar-refractivity contribution in [1.29, 1.82) is 0 Å². The molecule has 0 aliphatic heterocycles. The van der Waals surface area contributed by atoms with Crippen molar-refractivity contribution < 1.29 is 4.52 Å². The Morgan fingerprint density at radius 3 is 2.93 bits per heavy atom. The summed E-state index contributed by atoms with van der Waals surface area (Å²) < 4.78 is 6.12. The van der Waals surface area contributed by atoms with Gasteiger partial charge in [-0.1, -0.05) is 23.8 Å². The van der Waals surface area contributed by atoms with Crippen LogP contribution in [0.4, 0.5) is 0 Å². The minimum atomic E-state index is 0.671. The molecule has 0 saturated carbocycles. The number of thiazole rings is 1. The van der Waals surface area contributed by atoms with Crippen LogP contribution in [-0.2, 0) is 12.2 Å². The van der Waals surface area contributed by atoms with E-state index in [1.165, 1.54) is 0 Å². The second-order valence-electron chi connectivity index (χ2n) is 3.00. The Labute approximate surface area is 96.1 Å². The van der Waals surface area contributed by atoms with Gasteiger partial charge in [0.1, 0.15) is 0 Å². The lowest BCUT2D eigenvalue weighted by Crippen LogP contribution is -1.84. The van der Waals surface area contributed by atoms with Crippen LogP contribution in [0.2, 0.25) is 0 Å². The van der Waals surface area contributed by atoms with E-state index >= 15 is 0 Å². The second kappa shape index (κ2) is 4.76. The maximum absolute atomic E-state index is 5.08. The summed E-state index contributed by atoms with van der Waals surface area (Å²) in [5.41, 5.74) is 1.06. The van der Waals surface area contributed by atoms with Crippen LogP contribution in [-0.4, -0.2) is 15.1 Å². The topological polar surface area (TPSA) is 51.8 Å². The number of aryl methyl sites for hydroxylation is 2. The van der Waals surface area contributed by atoms with E-state index < -0.39 is 0 Å². The standard InChI is InChI=1S/C9H11N3OS2/c1-3-7-11-8(13-12-7)5-15-9-10-6(2)4-14-9/h4H,3,5H2,1-2H3. The molecule has 0 radical (unpaired) electrons. The number of thioether (sulfide) groups is 1. The lowest BCUT2D eigenvalue weighted by atomic mass is 10.5. The number of aromatic nitrogens is 3. The molecule has 2 heterocycles. The van der Waals surface area contributed by atoms with Crippen molar-refractivity contribution in [3.63, 3.8) is 0 Å². The average molecular weight is 241 g/mol. The lowest BCUT2D eigenvalue weighted by Gasteiger charge is -1.90. The van der Waals surface area contributed by atoms with Crippen molar-refractivity contribution >= 4 is 23.1 Å². The first-order valence-corrected chi connectivity index (χ1v) is 6.51. The van der Waals surface area contributed by atoms with E-state index in [4.69, 9.17) is 4.52 Å². The number of rotatable bonds is 4. The average Bonchev–Trinajstić information content (AvgIpc) is 2.83. The van der Waals surface area contributed by atoms with E-state index in [-0.39, 0.29) is 0 Å². The van der Waals surface area contributed by atoms with Crippen LogP contribution in [0.15, 0.2) is 14.2 Å². The predicted molar refractivity (Wildman–Crippen MR) is 60.1 cm³/mol. The molecule has 0 bridgehead atoms. The minimum Gasteiger partial charge on any atom is -0.338 e. The van der Waals surface area contributed by atoms with Crippen LogP contribution in [0.25, 0.3) is 0 Å². The molecule has 0 aromatic carbocycles. The first kappa shape index (κ1) is 10.6.